The molecule has 1 aliphatic rings. The van der Waals surface area contributed by atoms with E-state index in [9.17, 15) is 10.2 Å². The summed E-state index contributed by atoms with van der Waals surface area (Å²) >= 11 is 3.93. The van der Waals surface area contributed by atoms with Crippen molar-refractivity contribution in [1.82, 2.24) is 0 Å². The maximum absolute atomic E-state index is 10.9. The fourth-order valence-corrected chi connectivity index (χ4v) is 7.99. The summed E-state index contributed by atoms with van der Waals surface area (Å²) < 4.78 is 11.0. The Morgan fingerprint density at radius 1 is 0.658 bits per heavy atom. The van der Waals surface area contributed by atoms with Crippen molar-refractivity contribution >= 4 is 23.5 Å². The van der Waals surface area contributed by atoms with Gasteiger partial charge in [-0.2, -0.15) is 23.5 Å². The number of phenols is 2. The lowest BCUT2D eigenvalue weighted by atomic mass is 9.86. The van der Waals surface area contributed by atoms with Gasteiger partial charge in [0.2, 0.25) is 0 Å². The first kappa shape index (κ1) is 30.9. The van der Waals surface area contributed by atoms with Gasteiger partial charge in [0.05, 0.1) is 14.2 Å². The average Bonchev–Trinajstić information content (AvgIpc) is 2.83. The number of aromatic hydroxyl groups is 2. The Hall–Kier alpha value is -1.66. The molecule has 0 saturated heterocycles. The number of methoxy groups -OCH3 is 2. The monoisotopic (exact) mass is 560 g/mol. The molecule has 1 aliphatic carbocycles. The topological polar surface area (TPSA) is 58.9 Å². The van der Waals surface area contributed by atoms with E-state index in [-0.39, 0.29) is 22.3 Å². The maximum atomic E-state index is 10.9. The van der Waals surface area contributed by atoms with Gasteiger partial charge in [0.25, 0.3) is 0 Å². The van der Waals surface area contributed by atoms with Crippen LogP contribution in [0.25, 0.3) is 0 Å². The number of ether oxygens (including phenoxy) is 2. The summed E-state index contributed by atoms with van der Waals surface area (Å²) in [5.74, 6) is 3.15. The van der Waals surface area contributed by atoms with E-state index >= 15 is 0 Å². The predicted octanol–water partition coefficient (Wildman–Crippen LogP) is 8.97. The molecule has 1 saturated carbocycles. The van der Waals surface area contributed by atoms with Crippen molar-refractivity contribution < 1.29 is 19.7 Å². The second-order valence-corrected chi connectivity index (χ2v) is 15.0. The Balaban J connectivity index is 1.81. The molecule has 2 aromatic carbocycles. The highest BCUT2D eigenvalue weighted by Gasteiger charge is 2.27. The number of rotatable bonds is 8. The Labute approximate surface area is 239 Å². The number of thioether (sulfide) groups is 2. The molecule has 0 bridgehead atoms. The third-order valence-corrected chi connectivity index (χ3v) is 10.6. The lowest BCUT2D eigenvalue weighted by Crippen LogP contribution is -2.22. The van der Waals surface area contributed by atoms with E-state index in [1.54, 1.807) is 14.2 Å². The molecular weight excluding hydrogens is 512 g/mol. The zero-order valence-corrected chi connectivity index (χ0v) is 26.3. The van der Waals surface area contributed by atoms with Gasteiger partial charge in [-0.05, 0) is 46.9 Å². The van der Waals surface area contributed by atoms with Gasteiger partial charge in [-0.1, -0.05) is 79.4 Å². The third kappa shape index (κ3) is 7.94. The van der Waals surface area contributed by atoms with Crippen molar-refractivity contribution in [3.8, 4) is 23.0 Å². The number of hydrogen-bond acceptors (Lipinski definition) is 6. The van der Waals surface area contributed by atoms with Crippen molar-refractivity contribution in [2.24, 2.45) is 0 Å². The van der Waals surface area contributed by atoms with Crippen LogP contribution in [0.1, 0.15) is 102 Å². The SMILES string of the molecule is COc1cc(C(C)(C)C)cc(CS[C@H]2CCCCCC[C@@H]2SCc2cc(C(C)(C)C)cc(OC)c2O)c1O. The highest BCUT2D eigenvalue weighted by molar-refractivity contribution is 8.03. The van der Waals surface area contributed by atoms with Gasteiger partial charge >= 0.3 is 0 Å². The molecule has 0 unspecified atom stereocenters. The Kier molecular flexibility index (Phi) is 10.7. The van der Waals surface area contributed by atoms with Crippen LogP contribution in [0.3, 0.4) is 0 Å². The number of hydrogen-bond donors (Lipinski definition) is 2. The first-order valence-corrected chi connectivity index (χ1v) is 16.0. The van der Waals surface area contributed by atoms with Gasteiger partial charge in [-0.15, -0.1) is 0 Å². The lowest BCUT2D eigenvalue weighted by molar-refractivity contribution is 0.369. The quantitative estimate of drug-likeness (QED) is 0.336. The molecule has 0 aliphatic heterocycles. The van der Waals surface area contributed by atoms with Gasteiger partial charge in [0.1, 0.15) is 0 Å². The molecule has 2 atom stereocenters. The van der Waals surface area contributed by atoms with Crippen LogP contribution >= 0.6 is 23.5 Å². The standard InChI is InChI=1S/C32H48O4S2/c1-31(2,3)23-15-21(29(33)25(17-23)35-7)19-37-27-13-11-9-10-12-14-28(27)38-20-22-16-24(32(4,5)6)18-26(36-8)30(22)34/h15-18,27-28,33-34H,9-14,19-20H2,1-8H3/t27-,28-/m0/s1. The molecule has 2 N–H and O–H groups in total. The fourth-order valence-electron chi connectivity index (χ4n) is 4.92. The van der Waals surface area contributed by atoms with Crippen LogP contribution in [0.15, 0.2) is 24.3 Å². The Morgan fingerprint density at radius 2 is 1.03 bits per heavy atom. The molecule has 0 spiro atoms. The van der Waals surface area contributed by atoms with E-state index in [0.29, 0.717) is 22.0 Å². The van der Waals surface area contributed by atoms with E-state index in [2.05, 4.69) is 53.7 Å². The predicted molar refractivity (Wildman–Crippen MR) is 165 cm³/mol. The van der Waals surface area contributed by atoms with Crippen LogP contribution in [0.4, 0.5) is 0 Å². The van der Waals surface area contributed by atoms with Crippen molar-refractivity contribution in [2.75, 3.05) is 14.2 Å². The lowest BCUT2D eigenvalue weighted by Gasteiger charge is -2.29. The number of benzene rings is 2. The Bertz CT molecular complexity index is 983. The summed E-state index contributed by atoms with van der Waals surface area (Å²) in [6.45, 7) is 13.1. The van der Waals surface area contributed by atoms with Gasteiger partial charge < -0.3 is 19.7 Å². The molecule has 0 heterocycles. The third-order valence-electron chi connectivity index (χ3n) is 7.53. The number of phenolic OH excluding ortho intramolecular Hbond substituents is 2. The normalized spacial score (nSPS) is 19.1. The van der Waals surface area contributed by atoms with Crippen LogP contribution in [0.2, 0.25) is 0 Å². The molecular formula is C32H48O4S2. The molecule has 2 aromatic rings. The highest BCUT2D eigenvalue weighted by atomic mass is 32.2. The minimum atomic E-state index is -0.0241. The van der Waals surface area contributed by atoms with E-state index in [1.807, 2.05) is 35.7 Å². The smallest absolute Gasteiger partial charge is 0.161 e. The van der Waals surface area contributed by atoms with E-state index in [4.69, 9.17) is 9.47 Å². The molecule has 4 nitrogen and oxygen atoms in total. The minimum absolute atomic E-state index is 0.0241. The molecule has 0 aromatic heterocycles. The molecule has 0 amide bonds. The van der Waals surface area contributed by atoms with Crippen molar-refractivity contribution in [3.63, 3.8) is 0 Å². The van der Waals surface area contributed by atoms with Crippen LogP contribution in [-0.2, 0) is 22.3 Å². The second kappa shape index (κ2) is 13.1. The molecule has 212 valence electrons. The second-order valence-electron chi connectivity index (χ2n) is 12.6. The highest BCUT2D eigenvalue weighted by Crippen LogP contribution is 2.43. The van der Waals surface area contributed by atoms with Gasteiger partial charge in [0.15, 0.2) is 23.0 Å². The summed E-state index contributed by atoms with van der Waals surface area (Å²) in [5.41, 5.74) is 4.20. The minimum Gasteiger partial charge on any atom is -0.504 e. The Morgan fingerprint density at radius 3 is 1.34 bits per heavy atom. The zero-order chi connectivity index (χ0) is 28.1. The molecule has 0 radical (unpaired) electrons. The van der Waals surface area contributed by atoms with Crippen molar-refractivity contribution in [3.05, 3.63) is 46.5 Å². The summed E-state index contributed by atoms with van der Waals surface area (Å²) in [4.78, 5) is 0. The summed E-state index contributed by atoms with van der Waals surface area (Å²) in [7, 11) is 3.25. The van der Waals surface area contributed by atoms with E-state index in [0.717, 1.165) is 22.6 Å². The van der Waals surface area contributed by atoms with Crippen LogP contribution in [0, 0.1) is 0 Å². The van der Waals surface area contributed by atoms with E-state index in [1.165, 1.54) is 49.7 Å². The van der Waals surface area contributed by atoms with Crippen LogP contribution < -0.4 is 9.47 Å². The molecule has 1 fully saturated rings. The van der Waals surface area contributed by atoms with Gasteiger partial charge in [0, 0.05) is 33.1 Å². The zero-order valence-electron chi connectivity index (χ0n) is 24.6. The van der Waals surface area contributed by atoms with Crippen LogP contribution in [-0.4, -0.2) is 34.9 Å². The summed E-state index contributed by atoms with van der Waals surface area (Å²) in [6, 6.07) is 8.23. The average molecular weight is 561 g/mol. The first-order valence-electron chi connectivity index (χ1n) is 13.9. The first-order chi connectivity index (χ1) is 17.8. The van der Waals surface area contributed by atoms with Crippen molar-refractivity contribution in [1.29, 1.82) is 0 Å². The van der Waals surface area contributed by atoms with Gasteiger partial charge in [-0.3, -0.25) is 0 Å². The fraction of sp³-hybridized carbons (Fsp3) is 0.625. The van der Waals surface area contributed by atoms with Gasteiger partial charge in [-0.25, -0.2) is 0 Å². The van der Waals surface area contributed by atoms with Crippen LogP contribution in [0.5, 0.6) is 23.0 Å². The molecule has 38 heavy (non-hydrogen) atoms. The molecule has 3 rings (SSSR count). The van der Waals surface area contributed by atoms with Crippen molar-refractivity contribution in [2.45, 2.75) is 113 Å². The largest absolute Gasteiger partial charge is 0.504 e. The molecule has 6 heteroatoms. The summed E-state index contributed by atoms with van der Waals surface area (Å²) in [6.07, 6.45) is 7.42. The maximum Gasteiger partial charge on any atom is 0.161 e. The van der Waals surface area contributed by atoms with E-state index < -0.39 is 0 Å². The summed E-state index contributed by atoms with van der Waals surface area (Å²) in [5, 5.41) is 22.8.